The Kier molecular flexibility index (Phi) is 4.22. The quantitative estimate of drug-likeness (QED) is 0.660. The van der Waals surface area contributed by atoms with Gasteiger partial charge in [0.05, 0.1) is 6.26 Å². The molecule has 0 aromatic rings. The van der Waals surface area contributed by atoms with Gasteiger partial charge in [0.2, 0.25) is 0 Å². The monoisotopic (exact) mass is 269 g/mol. The summed E-state index contributed by atoms with van der Waals surface area (Å²) in [5, 5.41) is 0. The maximum Gasteiger partial charge on any atom is 0.107 e. The number of fused-ring (bicyclic) bond motifs is 2. The van der Waals surface area contributed by atoms with E-state index in [-0.39, 0.29) is 0 Å². The van der Waals surface area contributed by atoms with Crippen molar-refractivity contribution in [1.29, 1.82) is 0 Å². The molecule has 0 aromatic carbocycles. The molecule has 1 unspecified atom stereocenters. The average Bonchev–Trinajstić information content (AvgIpc) is 2.52. The fourth-order valence-corrected chi connectivity index (χ4v) is 2.98. The van der Waals surface area contributed by atoms with Gasteiger partial charge < -0.3 is 9.64 Å². The minimum atomic E-state index is 0.531. The lowest BCUT2D eigenvalue weighted by molar-refractivity contribution is 0.252. The van der Waals surface area contributed by atoms with Gasteiger partial charge in [0.25, 0.3) is 0 Å². The second kappa shape index (κ2) is 6.27. The van der Waals surface area contributed by atoms with Crippen LogP contribution in [0.3, 0.4) is 0 Å². The SMILES string of the molecule is CN1CCC2=CC=CC/C2=C/OC2=CC=CCC2CC1. The van der Waals surface area contributed by atoms with E-state index < -0.39 is 0 Å². The number of ether oxygens (including phenoxy) is 1. The molecule has 0 saturated carbocycles. The Morgan fingerprint density at radius 2 is 2.00 bits per heavy atom. The second-order valence-corrected chi connectivity index (χ2v) is 5.86. The van der Waals surface area contributed by atoms with E-state index in [4.69, 9.17) is 4.74 Å². The maximum absolute atomic E-state index is 6.04. The van der Waals surface area contributed by atoms with Crippen LogP contribution >= 0.6 is 0 Å². The minimum Gasteiger partial charge on any atom is -0.469 e. The molecule has 1 heterocycles. The van der Waals surface area contributed by atoms with E-state index in [1.165, 1.54) is 17.6 Å². The topological polar surface area (TPSA) is 12.5 Å². The van der Waals surface area contributed by atoms with Crippen LogP contribution in [0.1, 0.15) is 25.7 Å². The van der Waals surface area contributed by atoms with Crippen molar-refractivity contribution >= 4 is 0 Å². The van der Waals surface area contributed by atoms with E-state index in [2.05, 4.69) is 48.4 Å². The zero-order valence-corrected chi connectivity index (χ0v) is 12.2. The first-order valence-corrected chi connectivity index (χ1v) is 7.60. The van der Waals surface area contributed by atoms with E-state index in [0.717, 1.165) is 38.1 Å². The predicted octanol–water partition coefficient (Wildman–Crippen LogP) is 3.96. The Morgan fingerprint density at radius 3 is 2.95 bits per heavy atom. The molecule has 0 fully saturated rings. The van der Waals surface area contributed by atoms with Gasteiger partial charge in [-0.05, 0) is 56.5 Å². The first-order valence-electron chi connectivity index (χ1n) is 7.60. The predicted molar refractivity (Wildman–Crippen MR) is 83.1 cm³/mol. The Hall–Kier alpha value is -1.54. The molecule has 0 bridgehead atoms. The van der Waals surface area contributed by atoms with Gasteiger partial charge >= 0.3 is 0 Å². The Balaban J connectivity index is 1.85. The van der Waals surface area contributed by atoms with Crippen LogP contribution in [0.5, 0.6) is 0 Å². The highest BCUT2D eigenvalue weighted by Crippen LogP contribution is 2.29. The van der Waals surface area contributed by atoms with Crippen molar-refractivity contribution in [2.24, 2.45) is 5.92 Å². The van der Waals surface area contributed by atoms with Crippen LogP contribution in [0.25, 0.3) is 0 Å². The fraction of sp³-hybridized carbons (Fsp3) is 0.444. The van der Waals surface area contributed by atoms with Gasteiger partial charge in [-0.1, -0.05) is 30.4 Å². The molecule has 3 aliphatic rings. The average molecular weight is 269 g/mol. The Labute approximate surface area is 121 Å². The van der Waals surface area contributed by atoms with E-state index in [9.17, 15) is 0 Å². The summed E-state index contributed by atoms with van der Waals surface area (Å²) < 4.78 is 6.04. The largest absolute Gasteiger partial charge is 0.469 e. The zero-order valence-electron chi connectivity index (χ0n) is 12.2. The normalized spacial score (nSPS) is 29.9. The van der Waals surface area contributed by atoms with Gasteiger partial charge in [-0.2, -0.15) is 0 Å². The molecule has 2 heteroatoms. The zero-order chi connectivity index (χ0) is 13.8. The summed E-state index contributed by atoms with van der Waals surface area (Å²) in [6, 6.07) is 0. The lowest BCUT2D eigenvalue weighted by atomic mass is 9.95. The summed E-state index contributed by atoms with van der Waals surface area (Å²) in [5.74, 6) is 1.66. The van der Waals surface area contributed by atoms with Crippen molar-refractivity contribution in [3.8, 4) is 0 Å². The Morgan fingerprint density at radius 1 is 1.10 bits per heavy atom. The van der Waals surface area contributed by atoms with Crippen molar-refractivity contribution in [2.45, 2.75) is 25.7 Å². The number of hydrogen-bond donors (Lipinski definition) is 0. The van der Waals surface area contributed by atoms with Crippen molar-refractivity contribution in [3.63, 3.8) is 0 Å². The summed E-state index contributed by atoms with van der Waals surface area (Å²) in [6.45, 7) is 2.26. The lowest BCUT2D eigenvalue weighted by Crippen LogP contribution is -2.24. The molecule has 0 amide bonds. The second-order valence-electron chi connectivity index (χ2n) is 5.86. The van der Waals surface area contributed by atoms with Gasteiger partial charge in [-0.3, -0.25) is 0 Å². The Bertz CT molecular complexity index is 508. The molecule has 2 aliphatic carbocycles. The van der Waals surface area contributed by atoms with Crippen LogP contribution in [0.2, 0.25) is 0 Å². The van der Waals surface area contributed by atoms with E-state index >= 15 is 0 Å². The van der Waals surface area contributed by atoms with Gasteiger partial charge in [-0.25, -0.2) is 0 Å². The first-order chi connectivity index (χ1) is 9.83. The highest BCUT2D eigenvalue weighted by molar-refractivity contribution is 5.38. The molecular formula is C18H23NO. The smallest absolute Gasteiger partial charge is 0.107 e. The van der Waals surface area contributed by atoms with Gasteiger partial charge in [0.1, 0.15) is 5.76 Å². The summed E-state index contributed by atoms with van der Waals surface area (Å²) in [4.78, 5) is 2.44. The third-order valence-corrected chi connectivity index (χ3v) is 4.36. The third kappa shape index (κ3) is 3.13. The molecule has 20 heavy (non-hydrogen) atoms. The fourth-order valence-electron chi connectivity index (χ4n) is 2.98. The third-order valence-electron chi connectivity index (χ3n) is 4.36. The maximum atomic E-state index is 6.04. The van der Waals surface area contributed by atoms with Crippen molar-refractivity contribution in [3.05, 3.63) is 59.6 Å². The number of allylic oxidation sites excluding steroid dienone is 8. The van der Waals surface area contributed by atoms with Crippen molar-refractivity contribution in [2.75, 3.05) is 20.1 Å². The van der Waals surface area contributed by atoms with Crippen LogP contribution in [0.15, 0.2) is 59.6 Å². The highest BCUT2D eigenvalue weighted by atomic mass is 16.5. The molecule has 106 valence electrons. The minimum absolute atomic E-state index is 0.531. The van der Waals surface area contributed by atoms with Crippen LogP contribution in [0.4, 0.5) is 0 Å². The van der Waals surface area contributed by atoms with E-state index in [0.29, 0.717) is 5.92 Å². The summed E-state index contributed by atoms with van der Waals surface area (Å²) >= 11 is 0. The molecule has 0 spiro atoms. The molecule has 1 atom stereocenters. The molecule has 0 radical (unpaired) electrons. The van der Waals surface area contributed by atoms with Crippen LogP contribution in [-0.4, -0.2) is 25.0 Å². The number of nitrogens with zero attached hydrogens (tertiary/aromatic N) is 1. The van der Waals surface area contributed by atoms with Gasteiger partial charge in [0.15, 0.2) is 0 Å². The number of rotatable bonds is 0. The molecule has 0 aromatic heterocycles. The standard InChI is InChI=1S/C18H23NO/c1-19-12-10-15-6-2-3-8-17(15)14-20-18-9-5-4-7-16(18)11-13-19/h2-6,9,14,16H,7-8,10-13H2,1H3/b17-14-. The van der Waals surface area contributed by atoms with Crippen LogP contribution < -0.4 is 0 Å². The highest BCUT2D eigenvalue weighted by Gasteiger charge is 2.19. The molecule has 1 aliphatic heterocycles. The first kappa shape index (κ1) is 13.4. The molecule has 0 N–H and O–H groups in total. The van der Waals surface area contributed by atoms with Crippen LogP contribution in [0, 0.1) is 5.92 Å². The lowest BCUT2D eigenvalue weighted by Gasteiger charge is -2.23. The summed E-state index contributed by atoms with van der Waals surface area (Å²) in [7, 11) is 2.23. The van der Waals surface area contributed by atoms with Crippen molar-refractivity contribution < 1.29 is 4.74 Å². The number of hydrogen-bond acceptors (Lipinski definition) is 2. The van der Waals surface area contributed by atoms with Crippen molar-refractivity contribution in [1.82, 2.24) is 4.90 Å². The van der Waals surface area contributed by atoms with Gasteiger partial charge in [-0.15, -0.1) is 0 Å². The molecular weight excluding hydrogens is 246 g/mol. The molecule has 3 rings (SSSR count). The summed E-state index contributed by atoms with van der Waals surface area (Å²) in [6.07, 6.45) is 19.5. The van der Waals surface area contributed by atoms with Crippen LogP contribution in [-0.2, 0) is 4.74 Å². The van der Waals surface area contributed by atoms with E-state index in [1.807, 2.05) is 6.26 Å². The van der Waals surface area contributed by atoms with Gasteiger partial charge in [0, 0.05) is 12.5 Å². The van der Waals surface area contributed by atoms with E-state index in [1.54, 1.807) is 0 Å². The molecule has 0 saturated heterocycles. The molecule has 2 nitrogen and oxygen atoms in total. The summed E-state index contributed by atoms with van der Waals surface area (Å²) in [5.41, 5.74) is 2.75.